The molecule has 0 aliphatic carbocycles. The van der Waals surface area contributed by atoms with Crippen molar-refractivity contribution in [2.45, 2.75) is 19.1 Å². The van der Waals surface area contributed by atoms with Crippen molar-refractivity contribution in [3.63, 3.8) is 0 Å². The van der Waals surface area contributed by atoms with Crippen LogP contribution in [0.2, 0.25) is 0 Å². The number of aromatic nitrogens is 1. The number of nitrogen functional groups attached to an aromatic ring is 1. The van der Waals surface area contributed by atoms with Gasteiger partial charge in [-0.3, -0.25) is 0 Å². The van der Waals surface area contributed by atoms with Crippen LogP contribution in [0.3, 0.4) is 0 Å². The maximum Gasteiger partial charge on any atom is 0.128 e. The Labute approximate surface area is 102 Å². The summed E-state index contributed by atoms with van der Waals surface area (Å²) in [6, 6.07) is 3.79. The number of nitrogens with zero attached hydrogens (tertiary/aromatic N) is 2. The topological polar surface area (TPSA) is 60.6 Å². The van der Waals surface area contributed by atoms with Gasteiger partial charge in [-0.15, -0.1) is 0 Å². The summed E-state index contributed by atoms with van der Waals surface area (Å²) in [6.07, 6.45) is 1.89. The van der Waals surface area contributed by atoms with Gasteiger partial charge in [0.25, 0.3) is 0 Å². The molecule has 0 saturated carbocycles. The highest BCUT2D eigenvalue weighted by Gasteiger charge is 2.33. The molecule has 2 heterocycles. The van der Waals surface area contributed by atoms with Crippen molar-refractivity contribution < 1.29 is 9.47 Å². The van der Waals surface area contributed by atoms with Crippen LogP contribution in [0.1, 0.15) is 6.92 Å². The predicted octanol–water partition coefficient (Wildman–Crippen LogP) is 0.904. The summed E-state index contributed by atoms with van der Waals surface area (Å²) in [4.78, 5) is 6.47. The molecule has 2 N–H and O–H groups in total. The monoisotopic (exact) mass is 237 g/mol. The van der Waals surface area contributed by atoms with Gasteiger partial charge in [0.1, 0.15) is 18.0 Å². The standard InChI is InChI=1S/C12H19N3O2/c1-3-17-11-8-15(7-10(11)16-2)12-5-4-9(13)6-14-12/h4-6,10-11H,3,7-8,13H2,1-2H3/t10-,11+/m0/s1. The predicted molar refractivity (Wildman–Crippen MR) is 67.1 cm³/mol. The Kier molecular flexibility index (Phi) is 3.81. The molecule has 5 heteroatoms. The molecular weight excluding hydrogens is 218 g/mol. The molecule has 2 atom stereocenters. The van der Waals surface area contributed by atoms with Crippen molar-refractivity contribution in [2.75, 3.05) is 37.4 Å². The lowest BCUT2D eigenvalue weighted by Gasteiger charge is -2.16. The molecule has 0 bridgehead atoms. The van der Waals surface area contributed by atoms with Gasteiger partial charge in [0.2, 0.25) is 0 Å². The van der Waals surface area contributed by atoms with Crippen molar-refractivity contribution in [2.24, 2.45) is 0 Å². The third-order valence-electron chi connectivity index (χ3n) is 2.99. The molecule has 0 aromatic carbocycles. The zero-order valence-electron chi connectivity index (χ0n) is 10.3. The Balaban J connectivity index is 2.06. The first-order chi connectivity index (χ1) is 8.24. The summed E-state index contributed by atoms with van der Waals surface area (Å²) in [7, 11) is 1.72. The van der Waals surface area contributed by atoms with E-state index in [1.54, 1.807) is 13.3 Å². The molecule has 1 fully saturated rings. The number of rotatable bonds is 4. The van der Waals surface area contributed by atoms with Crippen molar-refractivity contribution in [3.05, 3.63) is 18.3 Å². The van der Waals surface area contributed by atoms with Crippen LogP contribution in [0.5, 0.6) is 0 Å². The second-order valence-corrected chi connectivity index (χ2v) is 4.12. The number of pyridine rings is 1. The fourth-order valence-electron chi connectivity index (χ4n) is 2.12. The lowest BCUT2D eigenvalue weighted by molar-refractivity contribution is -0.0232. The van der Waals surface area contributed by atoms with Crippen molar-refractivity contribution >= 4 is 11.5 Å². The maximum absolute atomic E-state index is 5.66. The third-order valence-corrected chi connectivity index (χ3v) is 2.99. The quantitative estimate of drug-likeness (QED) is 0.843. The van der Waals surface area contributed by atoms with Crippen LogP contribution < -0.4 is 10.6 Å². The molecule has 1 aliphatic heterocycles. The van der Waals surface area contributed by atoms with E-state index in [1.807, 2.05) is 19.1 Å². The van der Waals surface area contributed by atoms with Crippen molar-refractivity contribution in [1.29, 1.82) is 0 Å². The average Bonchev–Trinajstić information content (AvgIpc) is 2.74. The van der Waals surface area contributed by atoms with Gasteiger partial charge in [0.05, 0.1) is 11.9 Å². The molecule has 0 radical (unpaired) electrons. The van der Waals surface area contributed by atoms with Crippen LogP contribution in [-0.4, -0.2) is 44.0 Å². The Morgan fingerprint density at radius 1 is 1.41 bits per heavy atom. The van der Waals surface area contributed by atoms with Crippen LogP contribution in [0.15, 0.2) is 18.3 Å². The van der Waals surface area contributed by atoms with Crippen molar-refractivity contribution in [3.8, 4) is 0 Å². The maximum atomic E-state index is 5.66. The Morgan fingerprint density at radius 3 is 2.76 bits per heavy atom. The van der Waals surface area contributed by atoms with E-state index in [2.05, 4.69) is 9.88 Å². The number of nitrogens with two attached hydrogens (primary N) is 1. The second-order valence-electron chi connectivity index (χ2n) is 4.12. The number of anilines is 2. The lowest BCUT2D eigenvalue weighted by Crippen LogP contribution is -2.28. The molecular formula is C12H19N3O2. The first-order valence-electron chi connectivity index (χ1n) is 5.85. The summed E-state index contributed by atoms with van der Waals surface area (Å²) in [5.41, 5.74) is 6.30. The van der Waals surface area contributed by atoms with E-state index >= 15 is 0 Å². The van der Waals surface area contributed by atoms with E-state index < -0.39 is 0 Å². The van der Waals surface area contributed by atoms with E-state index in [0.717, 1.165) is 18.9 Å². The third kappa shape index (κ3) is 2.68. The second kappa shape index (κ2) is 5.33. The zero-order chi connectivity index (χ0) is 12.3. The van der Waals surface area contributed by atoms with Crippen LogP contribution in [0, 0.1) is 0 Å². The fourth-order valence-corrected chi connectivity index (χ4v) is 2.12. The summed E-state index contributed by atoms with van der Waals surface area (Å²) in [5.74, 6) is 0.920. The number of ether oxygens (including phenoxy) is 2. The van der Waals surface area contributed by atoms with Gasteiger partial charge in [-0.2, -0.15) is 0 Å². The molecule has 1 aliphatic rings. The normalized spacial score (nSPS) is 24.2. The van der Waals surface area contributed by atoms with Crippen LogP contribution in [0.4, 0.5) is 11.5 Å². The van der Waals surface area contributed by atoms with Crippen LogP contribution >= 0.6 is 0 Å². The van der Waals surface area contributed by atoms with Gasteiger partial charge >= 0.3 is 0 Å². The van der Waals surface area contributed by atoms with E-state index in [-0.39, 0.29) is 12.2 Å². The minimum Gasteiger partial charge on any atom is -0.397 e. The van der Waals surface area contributed by atoms with Gasteiger partial charge in [0.15, 0.2) is 0 Å². The molecule has 1 saturated heterocycles. The SMILES string of the molecule is CCO[C@@H]1CN(c2ccc(N)cn2)C[C@@H]1OC. The molecule has 1 aromatic heterocycles. The van der Waals surface area contributed by atoms with E-state index in [0.29, 0.717) is 12.3 Å². The van der Waals surface area contributed by atoms with Crippen molar-refractivity contribution in [1.82, 2.24) is 4.98 Å². The Hall–Kier alpha value is -1.33. The minimum absolute atomic E-state index is 0.106. The van der Waals surface area contributed by atoms with Gasteiger partial charge in [-0.25, -0.2) is 4.98 Å². The first kappa shape index (κ1) is 12.1. The van der Waals surface area contributed by atoms with Gasteiger partial charge in [-0.1, -0.05) is 0 Å². The smallest absolute Gasteiger partial charge is 0.128 e. The van der Waals surface area contributed by atoms with Crippen LogP contribution in [-0.2, 0) is 9.47 Å². The fraction of sp³-hybridized carbons (Fsp3) is 0.583. The highest BCUT2D eigenvalue weighted by Crippen LogP contribution is 2.22. The largest absolute Gasteiger partial charge is 0.397 e. The number of hydrogen-bond acceptors (Lipinski definition) is 5. The molecule has 94 valence electrons. The zero-order valence-corrected chi connectivity index (χ0v) is 10.3. The summed E-state index contributed by atoms with van der Waals surface area (Å²) < 4.78 is 11.1. The molecule has 5 nitrogen and oxygen atoms in total. The lowest BCUT2D eigenvalue weighted by atomic mass is 10.2. The van der Waals surface area contributed by atoms with Gasteiger partial charge in [0, 0.05) is 26.8 Å². The molecule has 0 unspecified atom stereocenters. The highest BCUT2D eigenvalue weighted by molar-refractivity contribution is 5.46. The molecule has 0 amide bonds. The Morgan fingerprint density at radius 2 is 2.18 bits per heavy atom. The molecule has 17 heavy (non-hydrogen) atoms. The minimum atomic E-state index is 0.106. The summed E-state index contributed by atoms with van der Waals surface area (Å²) in [5, 5.41) is 0. The summed E-state index contributed by atoms with van der Waals surface area (Å²) in [6.45, 7) is 4.31. The summed E-state index contributed by atoms with van der Waals surface area (Å²) >= 11 is 0. The van der Waals surface area contributed by atoms with E-state index in [9.17, 15) is 0 Å². The molecule has 2 rings (SSSR count). The van der Waals surface area contributed by atoms with Gasteiger partial charge < -0.3 is 20.1 Å². The number of methoxy groups -OCH3 is 1. The first-order valence-corrected chi connectivity index (χ1v) is 5.85. The van der Waals surface area contributed by atoms with Gasteiger partial charge in [-0.05, 0) is 19.1 Å². The average molecular weight is 237 g/mol. The van der Waals surface area contributed by atoms with E-state index in [1.165, 1.54) is 0 Å². The van der Waals surface area contributed by atoms with E-state index in [4.69, 9.17) is 15.2 Å². The van der Waals surface area contributed by atoms with Crippen LogP contribution in [0.25, 0.3) is 0 Å². The highest BCUT2D eigenvalue weighted by atomic mass is 16.5. The number of hydrogen-bond donors (Lipinski definition) is 1. The Bertz CT molecular complexity index is 355. The molecule has 0 spiro atoms. The molecule has 1 aromatic rings.